The molecule has 0 bridgehead atoms. The van der Waals surface area contributed by atoms with Crippen molar-refractivity contribution in [2.45, 2.75) is 0 Å². The molecule has 4 heavy (non-hydrogen) atoms. The van der Waals surface area contributed by atoms with Crippen LogP contribution in [0.5, 0.6) is 0 Å². The summed E-state index contributed by atoms with van der Waals surface area (Å²) in [6, 6.07) is 0. The van der Waals surface area contributed by atoms with E-state index in [1.54, 1.807) is 0 Å². The maximum Gasteiger partial charge on any atom is 1.00 e. The number of hydrogen-bond acceptors (Lipinski definition) is 0. The Morgan fingerprint density at radius 3 is 1.00 bits per heavy atom. The zero-order valence-corrected chi connectivity index (χ0v) is 5.12. The topological polar surface area (TPSA) is 63.0 Å². The average Bonchev–Trinajstić information content (AvgIpc) is 0. The molecule has 0 unspecified atom stereocenters. The Bertz CT molecular complexity index is 9.61. The van der Waals surface area contributed by atoms with E-state index in [1.165, 1.54) is 0 Å². The van der Waals surface area contributed by atoms with Gasteiger partial charge in [-0.25, -0.2) is 0 Å². The Morgan fingerprint density at radius 2 is 1.00 bits per heavy atom. The molecule has 0 aliphatic rings. The molecule has 0 aliphatic carbocycles. The predicted molar refractivity (Wildman–Crippen MR) is 18.3 cm³/mol. The first-order valence-electron chi connectivity index (χ1n) is 0. The van der Waals surface area contributed by atoms with Gasteiger partial charge in [0, 0.05) is 0 Å². The van der Waals surface area contributed by atoms with E-state index in [0.717, 1.165) is 0 Å². The van der Waals surface area contributed by atoms with E-state index in [2.05, 4.69) is 0 Å². The summed E-state index contributed by atoms with van der Waals surface area (Å²) in [5, 5.41) is 0. The smallest absolute Gasteiger partial charge is 1.00 e. The van der Waals surface area contributed by atoms with E-state index in [9.17, 15) is 0 Å². The van der Waals surface area contributed by atoms with Gasteiger partial charge >= 0.3 is 51.4 Å². The molecule has 0 saturated carbocycles. The van der Waals surface area contributed by atoms with Gasteiger partial charge in [-0.3, -0.25) is 0 Å². The van der Waals surface area contributed by atoms with Crippen LogP contribution in [-0.4, -0.2) is 28.3 Å². The molecule has 4 N–H and O–H groups in total. The third-order valence-electron chi connectivity index (χ3n) is 0. The summed E-state index contributed by atoms with van der Waals surface area (Å²) >= 11 is 0. The monoisotopic (exact) mass is 106 g/mol. The zero-order valence-electron chi connectivity index (χ0n) is 3.00. The van der Waals surface area contributed by atoms with Crippen LogP contribution in [0, 0.1) is 0 Å². The molecule has 0 spiro atoms. The van der Waals surface area contributed by atoms with Gasteiger partial charge in [0.1, 0.15) is 0 Å². The second-order valence-corrected chi connectivity index (χ2v) is 0. The first-order valence-corrected chi connectivity index (χ1v) is 0. The molecule has 2 nitrogen and oxygen atoms in total. The summed E-state index contributed by atoms with van der Waals surface area (Å²) in [5.41, 5.74) is 0. The molecule has 0 rings (SSSR count). The van der Waals surface area contributed by atoms with Gasteiger partial charge in [-0.05, 0) is 0 Å². The molecule has 0 fully saturated rings. The van der Waals surface area contributed by atoms with Crippen LogP contribution in [0.15, 0.2) is 0 Å². The first-order chi connectivity index (χ1) is 0. The van der Waals surface area contributed by atoms with Gasteiger partial charge in [0.05, 0.1) is 0 Å². The number of rotatable bonds is 0. The largest absolute Gasteiger partial charge is 1.00 e. The zero-order chi connectivity index (χ0) is 0. The van der Waals surface area contributed by atoms with Crippen LogP contribution < -0.4 is 51.4 Å². The van der Waals surface area contributed by atoms with E-state index >= 15 is 0 Å². The van der Waals surface area contributed by atoms with Gasteiger partial charge in [-0.15, -0.1) is 0 Å². The van der Waals surface area contributed by atoms with Crippen molar-refractivity contribution < 1.29 is 63.8 Å². The second kappa shape index (κ2) is 19.5. The van der Waals surface area contributed by atoms with Crippen molar-refractivity contribution in [1.82, 2.24) is 0 Å². The van der Waals surface area contributed by atoms with E-state index in [-0.39, 0.29) is 81.1 Å². The molecule has 4 heteroatoms. The fraction of sp³-hybridized carbons (Fsp3) is 0. The SMILES string of the molecule is O.O.[AlH3].[H-].[K+]. The summed E-state index contributed by atoms with van der Waals surface area (Å²) in [4.78, 5) is 0. The minimum atomic E-state index is 0. The van der Waals surface area contributed by atoms with Crippen LogP contribution >= 0.6 is 0 Å². The quantitative estimate of drug-likeness (QED) is 0.276. The molecule has 0 aliphatic heterocycles. The van der Waals surface area contributed by atoms with E-state index in [4.69, 9.17) is 0 Å². The molecule has 0 saturated heterocycles. The van der Waals surface area contributed by atoms with E-state index in [1.807, 2.05) is 0 Å². The van der Waals surface area contributed by atoms with Crippen LogP contribution in [-0.2, 0) is 0 Å². The molecule has 0 radical (unpaired) electrons. The second-order valence-electron chi connectivity index (χ2n) is 0. The van der Waals surface area contributed by atoms with Crippen molar-refractivity contribution in [1.29, 1.82) is 0 Å². The Balaban J connectivity index is 0. The molecule has 0 heterocycles. The molecule has 0 aromatic heterocycles. The van der Waals surface area contributed by atoms with Crippen molar-refractivity contribution in [3.63, 3.8) is 0 Å². The standard InChI is InChI=1S/Al.K.2H2O.4H/h;;2*1H2;;;;/q;+1;;;;;;-1. The van der Waals surface area contributed by atoms with Gasteiger partial charge in [0.25, 0.3) is 0 Å². The Kier molecular flexibility index (Phi) is 176. The van der Waals surface area contributed by atoms with Crippen molar-refractivity contribution in [2.75, 3.05) is 0 Å². The van der Waals surface area contributed by atoms with Gasteiger partial charge < -0.3 is 12.4 Å². The average molecular weight is 106 g/mol. The minimum absolute atomic E-state index is 0. The Morgan fingerprint density at radius 1 is 1.00 bits per heavy atom. The summed E-state index contributed by atoms with van der Waals surface area (Å²) in [7, 11) is 0. The molecule has 24 valence electrons. The Hall–Kier alpha value is 2.09. The summed E-state index contributed by atoms with van der Waals surface area (Å²) < 4.78 is 0. The van der Waals surface area contributed by atoms with E-state index in [0.29, 0.717) is 0 Å². The summed E-state index contributed by atoms with van der Waals surface area (Å²) in [5.74, 6) is 0. The maximum atomic E-state index is 0. The third-order valence-corrected chi connectivity index (χ3v) is 0. The normalized spacial score (nSPS) is 0. The molecular weight excluding hydrogens is 98.1 g/mol. The van der Waals surface area contributed by atoms with E-state index < -0.39 is 0 Å². The summed E-state index contributed by atoms with van der Waals surface area (Å²) in [6.45, 7) is 0. The van der Waals surface area contributed by atoms with Crippen molar-refractivity contribution >= 4 is 17.4 Å². The van der Waals surface area contributed by atoms with Crippen molar-refractivity contribution in [3.8, 4) is 0 Å². The van der Waals surface area contributed by atoms with Crippen molar-refractivity contribution in [3.05, 3.63) is 0 Å². The summed E-state index contributed by atoms with van der Waals surface area (Å²) in [6.07, 6.45) is 0. The van der Waals surface area contributed by atoms with Gasteiger partial charge in [-0.2, -0.15) is 0 Å². The van der Waals surface area contributed by atoms with Crippen LogP contribution in [0.25, 0.3) is 0 Å². The third kappa shape index (κ3) is 8.94. The van der Waals surface area contributed by atoms with Crippen LogP contribution in [0.1, 0.15) is 1.43 Å². The van der Waals surface area contributed by atoms with Gasteiger partial charge in [0.2, 0.25) is 0 Å². The molecule has 0 aromatic rings. The molecule has 0 amide bonds. The van der Waals surface area contributed by atoms with Crippen molar-refractivity contribution in [2.24, 2.45) is 0 Å². The number of hydrogen-bond donors (Lipinski definition) is 0. The maximum absolute atomic E-state index is 0. The molecule has 0 atom stereocenters. The first kappa shape index (κ1) is 36.1. The molecular formula is H8AlKO2. The fourth-order valence-corrected chi connectivity index (χ4v) is 0. The predicted octanol–water partition coefficient (Wildman–Crippen LogP) is -5.72. The minimum Gasteiger partial charge on any atom is -1.00 e. The fourth-order valence-electron chi connectivity index (χ4n) is 0. The van der Waals surface area contributed by atoms with Crippen LogP contribution in [0.2, 0.25) is 0 Å². The Labute approximate surface area is 79.6 Å². The van der Waals surface area contributed by atoms with Crippen LogP contribution in [0.3, 0.4) is 0 Å². The van der Waals surface area contributed by atoms with Crippen LogP contribution in [0.4, 0.5) is 0 Å². The van der Waals surface area contributed by atoms with Gasteiger partial charge in [0.15, 0.2) is 17.4 Å². The van der Waals surface area contributed by atoms with Gasteiger partial charge in [-0.1, -0.05) is 0 Å². The molecule has 0 aromatic carbocycles.